The molecule has 26 heavy (non-hydrogen) atoms. The molecule has 3 rings (SSSR count). The van der Waals surface area contributed by atoms with E-state index in [1.54, 1.807) is 43.3 Å². The molecule has 0 aliphatic heterocycles. The SMILES string of the molecule is COc1ncc(NC(=O)Cn2cnc3ccccc3c2=O)c(N(C)C)n1. The summed E-state index contributed by atoms with van der Waals surface area (Å²) in [6.45, 7) is -0.171. The topological polar surface area (TPSA) is 102 Å². The van der Waals surface area contributed by atoms with Crippen molar-refractivity contribution in [2.75, 3.05) is 31.4 Å². The summed E-state index contributed by atoms with van der Waals surface area (Å²) in [4.78, 5) is 39.0. The molecule has 0 radical (unpaired) electrons. The van der Waals surface area contributed by atoms with Crippen molar-refractivity contribution in [3.05, 3.63) is 47.1 Å². The third kappa shape index (κ3) is 3.46. The second-order valence-electron chi connectivity index (χ2n) is 5.73. The van der Waals surface area contributed by atoms with E-state index in [2.05, 4.69) is 20.3 Å². The molecule has 0 spiro atoms. The number of anilines is 2. The lowest BCUT2D eigenvalue weighted by molar-refractivity contribution is -0.116. The molecular weight excluding hydrogens is 336 g/mol. The zero-order valence-corrected chi connectivity index (χ0v) is 14.6. The number of hydrogen-bond acceptors (Lipinski definition) is 7. The van der Waals surface area contributed by atoms with Crippen LogP contribution in [0, 0.1) is 0 Å². The van der Waals surface area contributed by atoms with Gasteiger partial charge in [0.15, 0.2) is 5.82 Å². The number of nitrogens with one attached hydrogen (secondary N) is 1. The predicted octanol–water partition coefficient (Wildman–Crippen LogP) is 0.900. The van der Waals surface area contributed by atoms with Crippen LogP contribution in [0.3, 0.4) is 0 Å². The maximum absolute atomic E-state index is 12.5. The van der Waals surface area contributed by atoms with Crippen LogP contribution >= 0.6 is 0 Å². The van der Waals surface area contributed by atoms with Crippen LogP contribution in [0.2, 0.25) is 0 Å². The van der Waals surface area contributed by atoms with E-state index in [-0.39, 0.29) is 24.0 Å². The molecular formula is C17H18N6O3. The number of nitrogens with zero attached hydrogens (tertiary/aromatic N) is 5. The molecule has 3 aromatic rings. The molecule has 134 valence electrons. The van der Waals surface area contributed by atoms with Crippen molar-refractivity contribution >= 4 is 28.3 Å². The minimum absolute atomic E-state index is 0.171. The zero-order chi connectivity index (χ0) is 18.7. The largest absolute Gasteiger partial charge is 0.467 e. The number of rotatable bonds is 5. The van der Waals surface area contributed by atoms with Gasteiger partial charge in [-0.25, -0.2) is 9.97 Å². The van der Waals surface area contributed by atoms with Crippen LogP contribution in [0.15, 0.2) is 41.6 Å². The molecule has 0 saturated carbocycles. The van der Waals surface area contributed by atoms with Crippen molar-refractivity contribution < 1.29 is 9.53 Å². The van der Waals surface area contributed by atoms with Crippen molar-refractivity contribution in [1.82, 2.24) is 19.5 Å². The monoisotopic (exact) mass is 354 g/mol. The second-order valence-corrected chi connectivity index (χ2v) is 5.73. The Morgan fingerprint density at radius 3 is 2.77 bits per heavy atom. The molecule has 0 atom stereocenters. The Labute approximate surface area is 149 Å². The van der Waals surface area contributed by atoms with Gasteiger partial charge in [-0.2, -0.15) is 4.98 Å². The first-order valence-corrected chi connectivity index (χ1v) is 7.82. The highest BCUT2D eigenvalue weighted by Crippen LogP contribution is 2.22. The minimum atomic E-state index is -0.388. The maximum Gasteiger partial charge on any atom is 0.318 e. The normalized spacial score (nSPS) is 10.6. The number of hydrogen-bond donors (Lipinski definition) is 1. The molecule has 1 N–H and O–H groups in total. The van der Waals surface area contributed by atoms with Gasteiger partial charge in [-0.05, 0) is 12.1 Å². The van der Waals surface area contributed by atoms with E-state index < -0.39 is 0 Å². The van der Waals surface area contributed by atoms with Gasteiger partial charge in [-0.1, -0.05) is 12.1 Å². The van der Waals surface area contributed by atoms with Gasteiger partial charge in [0.1, 0.15) is 12.2 Å². The first-order chi connectivity index (χ1) is 12.5. The molecule has 0 aliphatic carbocycles. The molecule has 1 aromatic carbocycles. The molecule has 0 unspecified atom stereocenters. The van der Waals surface area contributed by atoms with Crippen LogP contribution in [-0.2, 0) is 11.3 Å². The number of methoxy groups -OCH3 is 1. The average Bonchev–Trinajstić information content (AvgIpc) is 2.64. The van der Waals surface area contributed by atoms with Gasteiger partial charge in [0.25, 0.3) is 5.56 Å². The van der Waals surface area contributed by atoms with Crippen molar-refractivity contribution in [1.29, 1.82) is 0 Å². The van der Waals surface area contributed by atoms with E-state index in [0.29, 0.717) is 22.4 Å². The van der Waals surface area contributed by atoms with E-state index in [0.717, 1.165) is 0 Å². The molecule has 9 nitrogen and oxygen atoms in total. The molecule has 0 bridgehead atoms. The van der Waals surface area contributed by atoms with E-state index in [4.69, 9.17) is 4.74 Å². The zero-order valence-electron chi connectivity index (χ0n) is 14.6. The number of amides is 1. The van der Waals surface area contributed by atoms with Crippen LogP contribution in [0.4, 0.5) is 11.5 Å². The molecule has 0 aliphatic rings. The van der Waals surface area contributed by atoms with Crippen molar-refractivity contribution in [2.24, 2.45) is 0 Å². The number of fused-ring (bicyclic) bond motifs is 1. The molecule has 0 saturated heterocycles. The standard InChI is InChI=1S/C17H18N6O3/c1-22(2)15-13(8-18-17(21-15)26-3)20-14(24)9-23-10-19-12-7-5-4-6-11(12)16(23)25/h4-8,10H,9H2,1-3H3,(H,20,24). The quantitative estimate of drug-likeness (QED) is 0.726. The highest BCUT2D eigenvalue weighted by molar-refractivity contribution is 5.93. The molecule has 1 amide bonds. The van der Waals surface area contributed by atoms with Crippen LogP contribution in [0.5, 0.6) is 6.01 Å². The third-order valence-corrected chi connectivity index (χ3v) is 3.67. The summed E-state index contributed by atoms with van der Waals surface area (Å²) in [5, 5.41) is 3.18. The predicted molar refractivity (Wildman–Crippen MR) is 97.5 cm³/mol. The van der Waals surface area contributed by atoms with Crippen LogP contribution < -0.4 is 20.5 Å². The highest BCUT2D eigenvalue weighted by atomic mass is 16.5. The van der Waals surface area contributed by atoms with Crippen LogP contribution in [-0.4, -0.2) is 46.6 Å². The summed E-state index contributed by atoms with van der Waals surface area (Å²) >= 11 is 0. The number of carbonyl (C=O) groups excluding carboxylic acids is 1. The Kier molecular flexibility index (Phi) is 4.78. The average molecular weight is 354 g/mol. The van der Waals surface area contributed by atoms with E-state index in [1.165, 1.54) is 24.2 Å². The lowest BCUT2D eigenvalue weighted by Crippen LogP contribution is -2.28. The summed E-state index contributed by atoms with van der Waals surface area (Å²) in [5.74, 6) is 0.107. The van der Waals surface area contributed by atoms with Crippen LogP contribution in [0.25, 0.3) is 10.9 Å². The van der Waals surface area contributed by atoms with Gasteiger partial charge >= 0.3 is 6.01 Å². The summed E-state index contributed by atoms with van der Waals surface area (Å²) in [6.07, 6.45) is 2.82. The van der Waals surface area contributed by atoms with Gasteiger partial charge in [0.05, 0.1) is 30.5 Å². The lowest BCUT2D eigenvalue weighted by Gasteiger charge is -2.17. The Morgan fingerprint density at radius 2 is 2.04 bits per heavy atom. The van der Waals surface area contributed by atoms with E-state index >= 15 is 0 Å². The summed E-state index contributed by atoms with van der Waals surface area (Å²) in [7, 11) is 5.04. The molecule has 9 heteroatoms. The van der Waals surface area contributed by atoms with Crippen molar-refractivity contribution in [2.45, 2.75) is 6.54 Å². The van der Waals surface area contributed by atoms with Gasteiger partial charge in [-0.3, -0.25) is 14.2 Å². The fourth-order valence-electron chi connectivity index (χ4n) is 2.45. The lowest BCUT2D eigenvalue weighted by atomic mass is 10.2. The smallest absolute Gasteiger partial charge is 0.318 e. The fourth-order valence-corrected chi connectivity index (χ4v) is 2.45. The Bertz CT molecular complexity index is 1010. The second kappa shape index (κ2) is 7.18. The number of benzene rings is 1. The summed E-state index contributed by atoms with van der Waals surface area (Å²) < 4.78 is 6.26. The third-order valence-electron chi connectivity index (χ3n) is 3.67. The Hall–Kier alpha value is -3.49. The number of para-hydroxylation sites is 1. The first kappa shape index (κ1) is 17.3. The number of carbonyl (C=O) groups is 1. The van der Waals surface area contributed by atoms with Crippen LogP contribution in [0.1, 0.15) is 0 Å². The first-order valence-electron chi connectivity index (χ1n) is 7.82. The van der Waals surface area contributed by atoms with Gasteiger partial charge in [0.2, 0.25) is 5.91 Å². The van der Waals surface area contributed by atoms with Crippen molar-refractivity contribution in [3.8, 4) is 6.01 Å². The number of ether oxygens (including phenoxy) is 1. The van der Waals surface area contributed by atoms with Gasteiger partial charge in [-0.15, -0.1) is 0 Å². The minimum Gasteiger partial charge on any atom is -0.467 e. The maximum atomic E-state index is 12.5. The van der Waals surface area contributed by atoms with Gasteiger partial charge < -0.3 is 15.0 Å². The van der Waals surface area contributed by atoms with E-state index in [9.17, 15) is 9.59 Å². The highest BCUT2D eigenvalue weighted by Gasteiger charge is 2.14. The Balaban J connectivity index is 1.84. The molecule has 2 heterocycles. The van der Waals surface area contributed by atoms with E-state index in [1.807, 2.05) is 0 Å². The molecule has 0 fully saturated rings. The fraction of sp³-hybridized carbons (Fsp3) is 0.235. The number of aromatic nitrogens is 4. The van der Waals surface area contributed by atoms with Crippen molar-refractivity contribution in [3.63, 3.8) is 0 Å². The summed E-state index contributed by atoms with van der Waals surface area (Å²) in [5.41, 5.74) is 0.736. The summed E-state index contributed by atoms with van der Waals surface area (Å²) in [6, 6.07) is 7.19. The molecule has 2 aromatic heterocycles. The Morgan fingerprint density at radius 1 is 1.27 bits per heavy atom. The van der Waals surface area contributed by atoms with Gasteiger partial charge in [0, 0.05) is 14.1 Å².